The van der Waals surface area contributed by atoms with Crippen molar-refractivity contribution in [1.82, 2.24) is 0 Å². The third-order valence-electron chi connectivity index (χ3n) is 1.98. The average Bonchev–Trinajstić information content (AvgIpc) is 2.07. The Kier molecular flexibility index (Phi) is 4.02. The number of hydrogen-bond donors (Lipinski definition) is 0. The predicted octanol–water partition coefficient (Wildman–Crippen LogP) is 2.61. The van der Waals surface area contributed by atoms with Gasteiger partial charge in [0.25, 0.3) is 0 Å². The monoisotopic (exact) mass is 154 g/mol. The van der Waals surface area contributed by atoms with E-state index in [1.807, 2.05) is 6.92 Å². The first-order valence-corrected chi connectivity index (χ1v) is 4.52. The van der Waals surface area contributed by atoms with E-state index in [-0.39, 0.29) is 0 Å². The maximum atomic E-state index is 5.24. The van der Waals surface area contributed by atoms with Crippen molar-refractivity contribution in [2.24, 2.45) is 5.16 Å². The molecule has 0 N–H and O–H groups in total. The van der Waals surface area contributed by atoms with E-state index in [0.29, 0.717) is 6.10 Å². The zero-order chi connectivity index (χ0) is 7.94. The van der Waals surface area contributed by atoms with E-state index < -0.39 is 0 Å². The number of nitrogens with zero attached hydrogens (tertiary/aromatic N) is 1. The molecule has 0 aromatic heterocycles. The smallest absolute Gasteiger partial charge is 0.127 e. The van der Waals surface area contributed by atoms with Crippen LogP contribution in [0.15, 0.2) is 5.16 Å². The molecule has 0 aromatic carbocycles. The van der Waals surface area contributed by atoms with Crippen molar-refractivity contribution in [2.45, 2.75) is 51.6 Å². The highest BCUT2D eigenvalue weighted by Crippen LogP contribution is 2.20. The van der Waals surface area contributed by atoms with Gasteiger partial charge in [-0.2, -0.15) is 0 Å². The van der Waals surface area contributed by atoms with E-state index in [4.69, 9.17) is 4.84 Å². The predicted molar refractivity (Wildman–Crippen MR) is 45.7 cm³/mol. The van der Waals surface area contributed by atoms with Crippen LogP contribution in [0.2, 0.25) is 0 Å². The van der Waals surface area contributed by atoms with Crippen molar-refractivity contribution in [2.75, 3.05) is 0 Å². The summed E-state index contributed by atoms with van der Waals surface area (Å²) < 4.78 is 0. The minimum atomic E-state index is 0.378. The quantitative estimate of drug-likeness (QED) is 0.452. The minimum Gasteiger partial charge on any atom is -0.392 e. The Balaban J connectivity index is 2.09. The molecular weight excluding hydrogens is 138 g/mol. The largest absolute Gasteiger partial charge is 0.392 e. The van der Waals surface area contributed by atoms with E-state index in [9.17, 15) is 0 Å². The third kappa shape index (κ3) is 3.40. The lowest BCUT2D eigenvalue weighted by atomic mass is 9.98. The average molecular weight is 154 g/mol. The van der Waals surface area contributed by atoms with Crippen LogP contribution in [0, 0.1) is 0 Å². The summed E-state index contributed by atoms with van der Waals surface area (Å²) in [5.74, 6) is 0. The van der Waals surface area contributed by atoms with Crippen LogP contribution in [-0.4, -0.2) is 12.3 Å². The summed E-state index contributed by atoms with van der Waals surface area (Å²) in [7, 11) is 0. The lowest BCUT2D eigenvalue weighted by Crippen LogP contribution is -2.13. The van der Waals surface area contributed by atoms with Crippen LogP contribution in [-0.2, 0) is 4.84 Å². The second-order valence-corrected chi connectivity index (χ2v) is 2.97. The van der Waals surface area contributed by atoms with Gasteiger partial charge in [0, 0.05) is 0 Å². The molecule has 0 aromatic rings. The van der Waals surface area contributed by atoms with Crippen molar-refractivity contribution in [3.05, 3.63) is 0 Å². The normalized spacial score (nSPS) is 20.8. The van der Waals surface area contributed by atoms with Crippen LogP contribution in [0.1, 0.15) is 45.4 Å². The Labute approximate surface area is 68.6 Å². The molecule has 1 aliphatic rings. The molecule has 11 heavy (non-hydrogen) atoms. The Morgan fingerprint density at radius 3 is 2.73 bits per heavy atom. The highest BCUT2D eigenvalue weighted by Gasteiger charge is 2.13. The van der Waals surface area contributed by atoms with Crippen LogP contribution >= 0.6 is 0 Å². The van der Waals surface area contributed by atoms with E-state index in [1.54, 1.807) is 0 Å². The van der Waals surface area contributed by atoms with E-state index in [1.165, 1.54) is 32.1 Å². The minimum absolute atomic E-state index is 0.378. The maximum Gasteiger partial charge on any atom is 0.127 e. The highest BCUT2D eigenvalue weighted by molar-refractivity contribution is 5.55. The van der Waals surface area contributed by atoms with Gasteiger partial charge in [-0.15, -0.1) is 0 Å². The first-order valence-electron chi connectivity index (χ1n) is 4.52. The van der Waals surface area contributed by atoms with Crippen LogP contribution < -0.4 is 0 Å². The molecule has 0 atom stereocenters. The fourth-order valence-electron chi connectivity index (χ4n) is 1.35. The zero-order valence-electron chi connectivity index (χ0n) is 7.18. The fourth-order valence-corrected chi connectivity index (χ4v) is 1.35. The molecule has 2 heteroatoms. The molecule has 1 aliphatic carbocycles. The van der Waals surface area contributed by atoms with Crippen LogP contribution in [0.3, 0.4) is 0 Å². The second kappa shape index (κ2) is 5.16. The van der Waals surface area contributed by atoms with Crippen molar-refractivity contribution in [3.8, 4) is 0 Å². The summed E-state index contributed by atoms with van der Waals surface area (Å²) in [5.41, 5.74) is 0. The van der Waals surface area contributed by atoms with Crippen molar-refractivity contribution in [1.29, 1.82) is 0 Å². The van der Waals surface area contributed by atoms with E-state index in [2.05, 4.69) is 11.4 Å². The van der Waals surface area contributed by atoms with Gasteiger partial charge >= 0.3 is 0 Å². The molecule has 1 fully saturated rings. The molecule has 1 rings (SSSR count). The molecule has 0 spiro atoms. The molecule has 0 aliphatic heterocycles. The van der Waals surface area contributed by atoms with Gasteiger partial charge in [0.2, 0.25) is 0 Å². The molecule has 0 unspecified atom stereocenters. The molecule has 2 nitrogen and oxygen atoms in total. The maximum absolute atomic E-state index is 5.24. The molecular formula is C9H16NO. The van der Waals surface area contributed by atoms with Crippen molar-refractivity contribution >= 4 is 6.21 Å². The molecule has 1 saturated carbocycles. The Hall–Kier alpha value is -0.530. The van der Waals surface area contributed by atoms with Crippen molar-refractivity contribution in [3.63, 3.8) is 0 Å². The summed E-state index contributed by atoms with van der Waals surface area (Å²) >= 11 is 0. The van der Waals surface area contributed by atoms with Gasteiger partial charge in [-0.25, -0.2) is 0 Å². The summed E-state index contributed by atoms with van der Waals surface area (Å²) in [4.78, 5) is 5.24. The van der Waals surface area contributed by atoms with Crippen LogP contribution in [0.4, 0.5) is 0 Å². The summed E-state index contributed by atoms with van der Waals surface area (Å²) in [5, 5.41) is 3.76. The Morgan fingerprint density at radius 2 is 2.09 bits per heavy atom. The van der Waals surface area contributed by atoms with E-state index in [0.717, 1.165) is 6.42 Å². The number of hydrogen-bond acceptors (Lipinski definition) is 2. The molecule has 63 valence electrons. The summed E-state index contributed by atoms with van der Waals surface area (Å²) in [6.07, 6.45) is 10.3. The topological polar surface area (TPSA) is 21.6 Å². The standard InChI is InChI=1S/C9H16NO/c1-2-8-10-11-9-6-4-3-5-7-9/h9H,2-7H2,1H3. The van der Waals surface area contributed by atoms with Gasteiger partial charge in [0.15, 0.2) is 0 Å². The molecule has 0 heterocycles. The van der Waals surface area contributed by atoms with Gasteiger partial charge in [-0.05, 0) is 32.1 Å². The Morgan fingerprint density at radius 1 is 1.36 bits per heavy atom. The molecule has 0 saturated heterocycles. The first kappa shape index (κ1) is 8.57. The first-order chi connectivity index (χ1) is 5.43. The van der Waals surface area contributed by atoms with Gasteiger partial charge in [0.05, 0.1) is 0 Å². The molecule has 0 bridgehead atoms. The van der Waals surface area contributed by atoms with Crippen LogP contribution in [0.5, 0.6) is 0 Å². The zero-order valence-corrected chi connectivity index (χ0v) is 7.18. The van der Waals surface area contributed by atoms with Crippen LogP contribution in [0.25, 0.3) is 0 Å². The number of rotatable bonds is 3. The lowest BCUT2D eigenvalue weighted by molar-refractivity contribution is 0.0336. The highest BCUT2D eigenvalue weighted by atomic mass is 16.6. The van der Waals surface area contributed by atoms with Gasteiger partial charge in [-0.3, -0.25) is 0 Å². The van der Waals surface area contributed by atoms with Gasteiger partial charge < -0.3 is 4.84 Å². The fraction of sp³-hybridized carbons (Fsp3) is 0.889. The molecule has 1 radical (unpaired) electrons. The summed E-state index contributed by atoms with van der Waals surface area (Å²) in [6.45, 7) is 2.01. The summed E-state index contributed by atoms with van der Waals surface area (Å²) in [6, 6.07) is 0. The lowest BCUT2D eigenvalue weighted by Gasteiger charge is -2.18. The SMILES string of the molecule is CC/[C]=N/OC1CCCCC1. The third-order valence-corrected chi connectivity index (χ3v) is 1.98. The van der Waals surface area contributed by atoms with E-state index >= 15 is 0 Å². The molecule has 0 amide bonds. The Bertz CT molecular complexity index is 117. The second-order valence-electron chi connectivity index (χ2n) is 2.97. The van der Waals surface area contributed by atoms with Gasteiger partial charge in [-0.1, -0.05) is 18.5 Å². The van der Waals surface area contributed by atoms with Gasteiger partial charge in [0.1, 0.15) is 12.3 Å². The van der Waals surface area contributed by atoms with Crippen molar-refractivity contribution < 1.29 is 4.84 Å².